The lowest BCUT2D eigenvalue weighted by atomic mass is 9.88. The van der Waals surface area contributed by atoms with Crippen LogP contribution >= 0.6 is 0 Å². The van der Waals surface area contributed by atoms with Crippen molar-refractivity contribution in [3.63, 3.8) is 0 Å². The van der Waals surface area contributed by atoms with E-state index >= 15 is 0 Å². The van der Waals surface area contributed by atoms with E-state index in [0.29, 0.717) is 13.8 Å². The number of hydrogen-bond acceptors (Lipinski definition) is 3. The van der Waals surface area contributed by atoms with E-state index in [2.05, 4.69) is 4.74 Å². The zero-order valence-corrected chi connectivity index (χ0v) is 14.9. The lowest BCUT2D eigenvalue weighted by Crippen LogP contribution is -2.72. The summed E-state index contributed by atoms with van der Waals surface area (Å²) in [5.41, 5.74) is 0. The highest BCUT2D eigenvalue weighted by Crippen LogP contribution is 2.61. The largest absolute Gasteiger partial charge is 0.478 e. The summed E-state index contributed by atoms with van der Waals surface area (Å²) in [5.74, 6) is -44.5. The van der Waals surface area contributed by atoms with Crippen LogP contribution in [-0.2, 0) is 14.3 Å². The van der Waals surface area contributed by atoms with E-state index in [1.54, 1.807) is 0 Å². The smallest absolute Gasteiger partial charge is 0.460 e. The number of carboxylic acid groups (broad SMARTS) is 1. The van der Waals surface area contributed by atoms with Gasteiger partial charge in [-0.3, -0.25) is 0 Å². The molecule has 1 atom stereocenters. The Hall–Kier alpha value is -2.23. The monoisotopic (exact) mass is 490 g/mol. The van der Waals surface area contributed by atoms with Crippen LogP contribution in [0.4, 0.5) is 57.1 Å². The van der Waals surface area contributed by atoms with E-state index < -0.39 is 59.7 Å². The van der Waals surface area contributed by atoms with E-state index in [0.717, 1.165) is 0 Å². The van der Waals surface area contributed by atoms with Crippen molar-refractivity contribution in [1.29, 1.82) is 0 Å². The molecule has 1 N–H and O–H groups in total. The van der Waals surface area contributed by atoms with E-state index in [4.69, 9.17) is 5.11 Å². The molecule has 0 saturated carbocycles. The molecule has 0 radical (unpaired) electrons. The number of carboxylic acids is 1. The van der Waals surface area contributed by atoms with Gasteiger partial charge in [-0.2, -0.15) is 57.1 Å². The molecule has 0 aliphatic heterocycles. The molecule has 0 spiro atoms. The summed E-state index contributed by atoms with van der Waals surface area (Å²) in [6.07, 6.45) is -11.6. The second-order valence-corrected chi connectivity index (χ2v) is 6.19. The lowest BCUT2D eigenvalue weighted by molar-refractivity contribution is -0.445. The van der Waals surface area contributed by atoms with Crippen molar-refractivity contribution in [3.05, 3.63) is 12.2 Å². The molecular weight excluding hydrogens is 479 g/mol. The summed E-state index contributed by atoms with van der Waals surface area (Å²) in [6.45, 7) is 0.951. The Morgan fingerprint density at radius 3 is 1.42 bits per heavy atom. The van der Waals surface area contributed by atoms with Gasteiger partial charge in [-0.25, -0.2) is 9.59 Å². The van der Waals surface area contributed by atoms with Crippen molar-refractivity contribution >= 4 is 11.9 Å². The SMILES string of the molecule is CC(C)C(OC(=O)C=CC(=O)O)C(F)(F)C(F)(F)C(F)(F)C(F)(F)C(F)(F)C(F)(F)F. The normalized spacial score (nSPS) is 16.0. The maximum absolute atomic E-state index is 14.1. The van der Waals surface area contributed by atoms with Crippen molar-refractivity contribution in [2.75, 3.05) is 0 Å². The third-order valence-electron chi connectivity index (χ3n) is 3.53. The number of halogens is 13. The summed E-state index contributed by atoms with van der Waals surface area (Å²) in [4.78, 5) is 21.4. The molecule has 31 heavy (non-hydrogen) atoms. The van der Waals surface area contributed by atoms with Crippen LogP contribution in [0.15, 0.2) is 12.2 Å². The van der Waals surface area contributed by atoms with Crippen molar-refractivity contribution in [2.45, 2.75) is 55.7 Å². The van der Waals surface area contributed by atoms with Crippen molar-refractivity contribution in [1.82, 2.24) is 0 Å². The van der Waals surface area contributed by atoms with E-state index in [1.165, 1.54) is 0 Å². The van der Waals surface area contributed by atoms with Gasteiger partial charge in [0.25, 0.3) is 0 Å². The van der Waals surface area contributed by atoms with Gasteiger partial charge in [0.1, 0.15) is 0 Å². The second-order valence-electron chi connectivity index (χ2n) is 6.19. The molecule has 0 aromatic carbocycles. The number of alkyl halides is 13. The second kappa shape index (κ2) is 8.37. The maximum atomic E-state index is 14.1. The Labute approximate surface area is 163 Å². The standard InChI is InChI=1S/C14H11F13O4/c1-5(2)8(31-7(30)4-3-6(28)29)9(15,16)10(17,18)11(19,20)12(21,22)13(23,24)14(25,26)27/h3-5,8H,1-2H3,(H,28,29). The molecule has 0 fully saturated rings. The molecule has 182 valence electrons. The number of carbonyl (C=O) groups is 2. The van der Waals surface area contributed by atoms with Gasteiger partial charge in [-0.05, 0) is 5.92 Å². The van der Waals surface area contributed by atoms with Gasteiger partial charge in [0.15, 0.2) is 6.10 Å². The molecule has 0 heterocycles. The van der Waals surface area contributed by atoms with E-state index in [1.807, 2.05) is 0 Å². The molecule has 17 heteroatoms. The van der Waals surface area contributed by atoms with Gasteiger partial charge in [0.2, 0.25) is 0 Å². The minimum absolute atomic E-state index is 0.0946. The minimum Gasteiger partial charge on any atom is -0.478 e. The average molecular weight is 490 g/mol. The van der Waals surface area contributed by atoms with Crippen molar-refractivity contribution in [3.8, 4) is 0 Å². The topological polar surface area (TPSA) is 63.6 Å². The highest BCUT2D eigenvalue weighted by Gasteiger charge is 2.91. The van der Waals surface area contributed by atoms with Gasteiger partial charge in [-0.1, -0.05) is 13.8 Å². The number of esters is 1. The zero-order chi connectivity index (χ0) is 25.4. The first-order valence-corrected chi connectivity index (χ1v) is 7.47. The first-order valence-electron chi connectivity index (χ1n) is 7.47. The van der Waals surface area contributed by atoms with Crippen LogP contribution in [0.2, 0.25) is 0 Å². The molecule has 0 aliphatic rings. The maximum Gasteiger partial charge on any atom is 0.460 e. The molecular formula is C14H11F13O4. The predicted octanol–water partition coefficient (Wildman–Crippen LogP) is 4.93. The fourth-order valence-electron chi connectivity index (χ4n) is 1.89. The van der Waals surface area contributed by atoms with E-state index in [-0.39, 0.29) is 12.2 Å². The molecule has 1 unspecified atom stereocenters. The number of hydrogen-bond donors (Lipinski definition) is 1. The Balaban J connectivity index is 6.44. The quantitative estimate of drug-likeness (QED) is 0.283. The molecule has 0 aliphatic carbocycles. The number of rotatable bonds is 9. The summed E-state index contributed by atoms with van der Waals surface area (Å²) >= 11 is 0. The van der Waals surface area contributed by atoms with Crippen LogP contribution in [-0.4, -0.2) is 58.9 Å². The summed E-state index contributed by atoms with van der Waals surface area (Å²) in [7, 11) is 0. The van der Waals surface area contributed by atoms with Crippen LogP contribution < -0.4 is 0 Å². The third-order valence-corrected chi connectivity index (χ3v) is 3.53. The van der Waals surface area contributed by atoms with Crippen LogP contribution in [0.3, 0.4) is 0 Å². The fourth-order valence-corrected chi connectivity index (χ4v) is 1.89. The van der Waals surface area contributed by atoms with Gasteiger partial charge >= 0.3 is 47.7 Å². The third kappa shape index (κ3) is 4.83. The summed E-state index contributed by atoms with van der Waals surface area (Å²) in [5, 5.41) is 8.22. The fraction of sp³-hybridized carbons (Fsp3) is 0.714. The number of aliphatic carboxylic acids is 1. The molecule has 0 aromatic rings. The zero-order valence-electron chi connectivity index (χ0n) is 14.9. The van der Waals surface area contributed by atoms with Crippen molar-refractivity contribution < 1.29 is 76.5 Å². The van der Waals surface area contributed by atoms with Gasteiger partial charge < -0.3 is 9.84 Å². The Morgan fingerprint density at radius 1 is 0.710 bits per heavy atom. The van der Waals surface area contributed by atoms with Gasteiger partial charge in [0.05, 0.1) is 0 Å². The molecule has 4 nitrogen and oxygen atoms in total. The highest BCUT2D eigenvalue weighted by molar-refractivity contribution is 5.90. The van der Waals surface area contributed by atoms with Gasteiger partial charge in [-0.15, -0.1) is 0 Å². The average Bonchev–Trinajstić information content (AvgIpc) is 2.55. The molecule has 0 bridgehead atoms. The molecule has 0 saturated heterocycles. The first kappa shape index (κ1) is 28.8. The number of carbonyl (C=O) groups excluding carboxylic acids is 1. The molecule has 0 aromatic heterocycles. The van der Waals surface area contributed by atoms with E-state index in [9.17, 15) is 66.7 Å². The Morgan fingerprint density at radius 2 is 1.10 bits per heavy atom. The minimum atomic E-state index is -8.08. The van der Waals surface area contributed by atoms with Crippen LogP contribution in [0.5, 0.6) is 0 Å². The van der Waals surface area contributed by atoms with Crippen LogP contribution in [0.1, 0.15) is 13.8 Å². The first-order chi connectivity index (χ1) is 13.4. The Bertz CT molecular complexity index is 709. The van der Waals surface area contributed by atoms with Crippen LogP contribution in [0, 0.1) is 5.92 Å². The van der Waals surface area contributed by atoms with Gasteiger partial charge in [0, 0.05) is 12.2 Å². The summed E-state index contributed by atoms with van der Waals surface area (Å²) in [6, 6.07) is 0. The number of ether oxygens (including phenoxy) is 1. The van der Waals surface area contributed by atoms with Crippen LogP contribution in [0.25, 0.3) is 0 Å². The molecule has 0 rings (SSSR count). The Kier molecular flexibility index (Phi) is 7.77. The highest BCUT2D eigenvalue weighted by atomic mass is 19.4. The lowest BCUT2D eigenvalue weighted by Gasteiger charge is -2.42. The summed E-state index contributed by atoms with van der Waals surface area (Å²) < 4.78 is 175. The molecule has 0 amide bonds. The predicted molar refractivity (Wildman–Crippen MR) is 72.3 cm³/mol. The van der Waals surface area contributed by atoms with Crippen molar-refractivity contribution in [2.24, 2.45) is 5.92 Å².